The summed E-state index contributed by atoms with van der Waals surface area (Å²) in [5.74, 6) is -2.00. The Bertz CT molecular complexity index is 1410. The van der Waals surface area contributed by atoms with Crippen molar-refractivity contribution in [2.45, 2.75) is 161 Å². The first-order valence-electron chi connectivity index (χ1n) is 21.2. The molecule has 0 fully saturated rings. The normalized spacial score (nSPS) is 11.2. The molecule has 56 heavy (non-hydrogen) atoms. The quantitative estimate of drug-likeness (QED) is 0.0289. The highest BCUT2D eigenvalue weighted by atomic mass is 16.5. The minimum absolute atomic E-state index is 0.0679. The Morgan fingerprint density at radius 3 is 1.00 bits per heavy atom. The highest BCUT2D eigenvalue weighted by molar-refractivity contribution is 5.99. The van der Waals surface area contributed by atoms with E-state index in [2.05, 4.69) is 0 Å². The van der Waals surface area contributed by atoms with Gasteiger partial charge >= 0.3 is 23.9 Å². The van der Waals surface area contributed by atoms with Crippen LogP contribution < -0.4 is 0 Å². The first-order chi connectivity index (χ1) is 27.4. The molecule has 0 amide bonds. The second kappa shape index (κ2) is 28.9. The number of carbonyl (C=O) groups is 4. The van der Waals surface area contributed by atoms with E-state index in [0.717, 1.165) is 119 Å². The van der Waals surface area contributed by atoms with E-state index in [4.69, 9.17) is 14.2 Å². The Morgan fingerprint density at radius 1 is 0.393 bits per heavy atom. The molecule has 0 unspecified atom stereocenters. The van der Waals surface area contributed by atoms with Gasteiger partial charge in [-0.15, -0.1) is 0 Å². The molecule has 1 N–H and O–H groups in total. The molecule has 0 aromatic heterocycles. The number of carbonyl (C=O) groups excluding carboxylic acids is 3. The molecule has 0 aliphatic heterocycles. The number of aliphatic carboxylic acids is 1. The third-order valence-corrected chi connectivity index (χ3v) is 10.5. The van der Waals surface area contributed by atoms with E-state index in [1.165, 1.54) is 0 Å². The van der Waals surface area contributed by atoms with Crippen LogP contribution in [0.2, 0.25) is 0 Å². The molecule has 0 heterocycles. The molecular weight excluding hydrogens is 705 g/mol. The zero-order chi connectivity index (χ0) is 39.9. The van der Waals surface area contributed by atoms with Gasteiger partial charge in [0.05, 0.1) is 0 Å². The van der Waals surface area contributed by atoms with Crippen molar-refractivity contribution in [2.75, 3.05) is 0 Å². The van der Waals surface area contributed by atoms with Crippen molar-refractivity contribution in [1.29, 1.82) is 0 Å². The van der Waals surface area contributed by atoms with Crippen LogP contribution in [0.1, 0.15) is 158 Å². The first kappa shape index (κ1) is 45.9. The van der Waals surface area contributed by atoms with Crippen molar-refractivity contribution in [3.05, 3.63) is 108 Å². The van der Waals surface area contributed by atoms with E-state index in [0.29, 0.717) is 38.9 Å². The molecule has 0 radical (unpaired) electrons. The van der Waals surface area contributed by atoms with E-state index in [9.17, 15) is 24.3 Å². The average Bonchev–Trinajstić information content (AvgIpc) is 3.22. The molecule has 8 heteroatoms. The van der Waals surface area contributed by atoms with Gasteiger partial charge in [0.25, 0.3) is 0 Å². The van der Waals surface area contributed by atoms with E-state index in [1.807, 2.05) is 91.0 Å². The van der Waals surface area contributed by atoms with Crippen molar-refractivity contribution in [2.24, 2.45) is 5.41 Å². The van der Waals surface area contributed by atoms with Crippen molar-refractivity contribution in [3.63, 3.8) is 0 Å². The molecule has 0 saturated carbocycles. The van der Waals surface area contributed by atoms with Gasteiger partial charge in [0.1, 0.15) is 19.8 Å². The van der Waals surface area contributed by atoms with Crippen molar-refractivity contribution in [3.8, 4) is 0 Å². The number of ether oxygens (including phenoxy) is 3. The van der Waals surface area contributed by atoms with Crippen molar-refractivity contribution >= 4 is 23.9 Å². The zero-order valence-corrected chi connectivity index (χ0v) is 33.6. The van der Waals surface area contributed by atoms with Crippen LogP contribution in [-0.2, 0) is 53.2 Å². The van der Waals surface area contributed by atoms with Crippen LogP contribution in [0.4, 0.5) is 0 Å². The lowest BCUT2D eigenvalue weighted by Gasteiger charge is -2.27. The summed E-state index contributed by atoms with van der Waals surface area (Å²) in [4.78, 5) is 50.3. The number of unbranched alkanes of at least 4 members (excludes halogenated alkanes) is 16. The summed E-state index contributed by atoms with van der Waals surface area (Å²) < 4.78 is 16.4. The number of hydrogen-bond acceptors (Lipinski definition) is 7. The standard InChI is InChI=1S/C48H66O8/c49-44(54-38-41-28-18-15-19-29-41)34-24-11-7-3-1-5-9-13-26-36-48(46(51)52,47(53)56-40-43-32-22-17-23-33-43)37-27-14-10-6-2-4-8-12-25-35-45(50)55-39-42-30-20-16-21-31-42/h15-23,28-33H,1-14,24-27,34-40H2,(H,51,52). The third-order valence-electron chi connectivity index (χ3n) is 10.5. The number of benzene rings is 3. The Kier molecular flexibility index (Phi) is 23.7. The van der Waals surface area contributed by atoms with Crippen molar-refractivity contribution < 1.29 is 38.5 Å². The van der Waals surface area contributed by atoms with Gasteiger partial charge in [0.2, 0.25) is 0 Å². The van der Waals surface area contributed by atoms with Crippen LogP contribution in [0.3, 0.4) is 0 Å². The average molecular weight is 771 g/mol. The Morgan fingerprint density at radius 2 is 0.679 bits per heavy atom. The second-order valence-corrected chi connectivity index (χ2v) is 15.1. The first-order valence-corrected chi connectivity index (χ1v) is 21.2. The largest absolute Gasteiger partial charge is 0.480 e. The summed E-state index contributed by atoms with van der Waals surface area (Å²) in [5, 5.41) is 10.5. The number of carboxylic acid groups (broad SMARTS) is 1. The number of rotatable bonds is 32. The fourth-order valence-electron chi connectivity index (χ4n) is 6.98. The summed E-state index contributed by atoms with van der Waals surface area (Å²) in [7, 11) is 0. The third kappa shape index (κ3) is 19.9. The molecule has 3 aromatic carbocycles. The van der Waals surface area contributed by atoms with E-state index in [1.54, 1.807) is 0 Å². The van der Waals surface area contributed by atoms with Crippen molar-refractivity contribution in [1.82, 2.24) is 0 Å². The maximum Gasteiger partial charge on any atom is 0.323 e. The van der Waals surface area contributed by atoms with Gasteiger partial charge in [-0.1, -0.05) is 194 Å². The van der Waals surface area contributed by atoms with E-state index >= 15 is 0 Å². The van der Waals surface area contributed by atoms with Crippen LogP contribution >= 0.6 is 0 Å². The number of hydrogen-bond donors (Lipinski definition) is 1. The fraction of sp³-hybridized carbons (Fsp3) is 0.542. The summed E-state index contributed by atoms with van der Waals surface area (Å²) in [6, 6.07) is 28.8. The van der Waals surface area contributed by atoms with Gasteiger partial charge in [-0.25, -0.2) is 0 Å². The molecule has 306 valence electrons. The molecule has 0 spiro atoms. The molecule has 0 saturated heterocycles. The minimum Gasteiger partial charge on any atom is -0.480 e. The van der Waals surface area contributed by atoms with E-state index < -0.39 is 17.4 Å². The Balaban J connectivity index is 1.27. The predicted octanol–water partition coefficient (Wildman–Crippen LogP) is 11.9. The van der Waals surface area contributed by atoms with Crippen LogP contribution in [-0.4, -0.2) is 29.0 Å². The van der Waals surface area contributed by atoms with Gasteiger partial charge in [0, 0.05) is 12.8 Å². The zero-order valence-electron chi connectivity index (χ0n) is 33.6. The minimum atomic E-state index is -1.53. The van der Waals surface area contributed by atoms with Gasteiger partial charge in [-0.3, -0.25) is 19.2 Å². The highest BCUT2D eigenvalue weighted by Crippen LogP contribution is 2.35. The summed E-state index contributed by atoms with van der Waals surface area (Å²) in [6.07, 6.45) is 19.0. The predicted molar refractivity (Wildman–Crippen MR) is 220 cm³/mol. The number of carboxylic acids is 1. The van der Waals surface area contributed by atoms with Gasteiger partial charge in [-0.05, 0) is 42.4 Å². The molecule has 3 aromatic rings. The monoisotopic (exact) mass is 770 g/mol. The maximum absolute atomic E-state index is 13.5. The summed E-state index contributed by atoms with van der Waals surface area (Å²) in [6.45, 7) is 0.714. The smallest absolute Gasteiger partial charge is 0.323 e. The molecule has 3 rings (SSSR count). The molecule has 0 aliphatic rings. The van der Waals surface area contributed by atoms with E-state index in [-0.39, 0.29) is 31.4 Å². The topological polar surface area (TPSA) is 116 Å². The lowest BCUT2D eigenvalue weighted by atomic mass is 9.77. The SMILES string of the molecule is O=C(CCCCCCCCCCCC(CCCCCCCCCCCC(=O)OCc1ccccc1)(C(=O)O)C(=O)OCc1ccccc1)OCc1ccccc1. The number of esters is 3. The fourth-order valence-corrected chi connectivity index (χ4v) is 6.98. The van der Waals surface area contributed by atoms with Gasteiger partial charge in [-0.2, -0.15) is 0 Å². The molecule has 0 bridgehead atoms. The van der Waals surface area contributed by atoms with Crippen LogP contribution in [0.5, 0.6) is 0 Å². The Labute approximate surface area is 335 Å². The van der Waals surface area contributed by atoms with Crippen LogP contribution in [0.15, 0.2) is 91.0 Å². The molecule has 8 nitrogen and oxygen atoms in total. The highest BCUT2D eigenvalue weighted by Gasteiger charge is 2.46. The Hall–Kier alpha value is -4.46. The van der Waals surface area contributed by atoms with Crippen LogP contribution in [0, 0.1) is 5.41 Å². The lowest BCUT2D eigenvalue weighted by Crippen LogP contribution is -2.41. The molecule has 0 aliphatic carbocycles. The summed E-state index contributed by atoms with van der Waals surface area (Å²) in [5.41, 5.74) is 1.30. The molecular formula is C48H66O8. The second-order valence-electron chi connectivity index (χ2n) is 15.1. The van der Waals surface area contributed by atoms with Gasteiger partial charge in [0.15, 0.2) is 5.41 Å². The van der Waals surface area contributed by atoms with Gasteiger partial charge < -0.3 is 19.3 Å². The maximum atomic E-state index is 13.5. The molecule has 0 atom stereocenters. The summed E-state index contributed by atoms with van der Waals surface area (Å²) >= 11 is 0. The van der Waals surface area contributed by atoms with Crippen LogP contribution in [0.25, 0.3) is 0 Å². The lowest BCUT2D eigenvalue weighted by molar-refractivity contribution is -0.171.